The number of allylic oxidation sites excluding steroid dienone is 12. The third-order valence-corrected chi connectivity index (χ3v) is 15.4. The van der Waals surface area contributed by atoms with Crippen LogP contribution in [0, 0.1) is 0 Å². The van der Waals surface area contributed by atoms with Crippen molar-refractivity contribution in [3.8, 4) is 0 Å². The minimum absolute atomic E-state index is 0.0779. The molecule has 0 aromatic heterocycles. The van der Waals surface area contributed by atoms with Gasteiger partial charge in [-0.3, -0.25) is 14.4 Å². The Morgan fingerprint density at radius 2 is 0.487 bits per heavy atom. The Morgan fingerprint density at radius 3 is 0.787 bits per heavy atom. The van der Waals surface area contributed by atoms with Crippen LogP contribution in [0.1, 0.15) is 361 Å². The summed E-state index contributed by atoms with van der Waals surface area (Å²) in [5, 5.41) is 0. The molecule has 1 atom stereocenters. The fourth-order valence-corrected chi connectivity index (χ4v) is 10.2. The Labute approximate surface area is 497 Å². The second kappa shape index (κ2) is 68.3. The topological polar surface area (TPSA) is 78.9 Å². The van der Waals surface area contributed by atoms with Crippen molar-refractivity contribution in [1.82, 2.24) is 0 Å². The SMILES string of the molecule is CC/C=C\C/C=C\C/C=C\C/C=C\CCCCCCCCCCC(=O)OC(COC(=O)CCCCCCCCC/C=C\C/C=C\CCCCC)COC(=O)CCCCCCCCCCCCCCCCCCCCCCCCCC. The maximum atomic E-state index is 13.0. The lowest BCUT2D eigenvalue weighted by Crippen LogP contribution is -2.30. The van der Waals surface area contributed by atoms with Crippen molar-refractivity contribution in [3.05, 3.63) is 72.9 Å². The zero-order valence-corrected chi connectivity index (χ0v) is 53.3. The van der Waals surface area contributed by atoms with Crippen LogP contribution in [0.2, 0.25) is 0 Å². The van der Waals surface area contributed by atoms with Crippen molar-refractivity contribution in [3.63, 3.8) is 0 Å². The van der Waals surface area contributed by atoms with E-state index in [1.165, 1.54) is 218 Å². The predicted octanol–water partition coefficient (Wildman–Crippen LogP) is 24.1. The molecule has 0 fully saturated rings. The molecule has 0 bridgehead atoms. The van der Waals surface area contributed by atoms with Gasteiger partial charge in [0, 0.05) is 19.3 Å². The molecule has 6 heteroatoms. The highest BCUT2D eigenvalue weighted by atomic mass is 16.6. The molecule has 1 unspecified atom stereocenters. The van der Waals surface area contributed by atoms with Crippen molar-refractivity contribution in [1.29, 1.82) is 0 Å². The number of esters is 3. The predicted molar refractivity (Wildman–Crippen MR) is 348 cm³/mol. The molecule has 0 spiro atoms. The number of carbonyl (C=O) groups excluding carboxylic acids is 3. The zero-order chi connectivity index (χ0) is 57.8. The number of hydrogen-bond acceptors (Lipinski definition) is 6. The van der Waals surface area contributed by atoms with Crippen molar-refractivity contribution in [2.24, 2.45) is 0 Å². The average molecular weight is 1120 g/mol. The van der Waals surface area contributed by atoms with E-state index in [1.54, 1.807) is 0 Å². The lowest BCUT2D eigenvalue weighted by atomic mass is 10.0. The number of ether oxygens (including phenoxy) is 3. The van der Waals surface area contributed by atoms with E-state index in [0.717, 1.165) is 103 Å². The lowest BCUT2D eigenvalue weighted by Gasteiger charge is -2.18. The molecule has 0 heterocycles. The first-order valence-electron chi connectivity index (χ1n) is 34.9. The fourth-order valence-electron chi connectivity index (χ4n) is 10.2. The van der Waals surface area contributed by atoms with Gasteiger partial charge in [0.25, 0.3) is 0 Å². The first-order valence-corrected chi connectivity index (χ1v) is 34.9. The molecule has 0 aromatic rings. The first-order chi connectivity index (χ1) is 39.5. The molecule has 0 saturated carbocycles. The summed E-state index contributed by atoms with van der Waals surface area (Å²) in [6.07, 6.45) is 89.2. The summed E-state index contributed by atoms with van der Waals surface area (Å²) in [6.45, 7) is 6.55. The van der Waals surface area contributed by atoms with E-state index in [2.05, 4.69) is 93.7 Å². The van der Waals surface area contributed by atoms with Crippen LogP contribution in [0.15, 0.2) is 72.9 Å². The molecule has 0 aliphatic rings. The van der Waals surface area contributed by atoms with Crippen LogP contribution >= 0.6 is 0 Å². The van der Waals surface area contributed by atoms with Crippen molar-refractivity contribution < 1.29 is 28.6 Å². The number of rotatable bonds is 64. The molecular formula is C74H132O6. The third kappa shape index (κ3) is 65.7. The number of carbonyl (C=O) groups is 3. The van der Waals surface area contributed by atoms with E-state index in [1.807, 2.05) is 0 Å². The standard InChI is InChI=1S/C74H132O6/c1-4-7-10-13-16-19-22-25-28-31-33-35-36-37-39-40-43-46-49-52-55-58-61-64-67-73(76)79-70-71(69-78-72(75)66-63-60-57-54-51-48-45-42-30-27-24-21-18-15-12-9-6-3)80-74(77)68-65-62-59-56-53-50-47-44-41-38-34-32-29-26-23-20-17-14-11-8-5-2/h8,11,17-18,20-21,26-27,29-30,34,38,71H,4-7,9-10,12-16,19,22-25,28,31-33,35-37,39-70H2,1-3H3/b11-8-,20-17-,21-18-,29-26-,30-27-,38-34-. The Balaban J connectivity index is 4.33. The van der Waals surface area contributed by atoms with Crippen molar-refractivity contribution >= 4 is 17.9 Å². The van der Waals surface area contributed by atoms with Crippen LogP contribution in [0.25, 0.3) is 0 Å². The van der Waals surface area contributed by atoms with Crippen molar-refractivity contribution in [2.45, 2.75) is 367 Å². The number of unbranched alkanes of at least 4 members (excludes halogenated alkanes) is 41. The second-order valence-electron chi connectivity index (χ2n) is 23.4. The maximum absolute atomic E-state index is 13.0. The summed E-state index contributed by atoms with van der Waals surface area (Å²) in [5.74, 6) is -0.873. The van der Waals surface area contributed by atoms with Crippen LogP contribution in [0.4, 0.5) is 0 Å². The minimum atomic E-state index is -0.784. The van der Waals surface area contributed by atoms with Gasteiger partial charge in [-0.05, 0) is 89.9 Å². The molecule has 0 N–H and O–H groups in total. The van der Waals surface area contributed by atoms with Gasteiger partial charge in [-0.25, -0.2) is 0 Å². The Kier molecular flexibility index (Phi) is 65.7. The van der Waals surface area contributed by atoms with Gasteiger partial charge in [0.05, 0.1) is 0 Å². The van der Waals surface area contributed by atoms with E-state index in [-0.39, 0.29) is 31.1 Å². The summed E-state index contributed by atoms with van der Waals surface area (Å²) < 4.78 is 17.0. The van der Waals surface area contributed by atoms with Gasteiger partial charge in [-0.1, -0.05) is 325 Å². The van der Waals surface area contributed by atoms with Crippen LogP contribution in [0.3, 0.4) is 0 Å². The summed E-state index contributed by atoms with van der Waals surface area (Å²) in [5.41, 5.74) is 0. The molecule has 80 heavy (non-hydrogen) atoms. The summed E-state index contributed by atoms with van der Waals surface area (Å²) in [4.78, 5) is 38.5. The van der Waals surface area contributed by atoms with Gasteiger partial charge in [-0.2, -0.15) is 0 Å². The monoisotopic (exact) mass is 1120 g/mol. The maximum Gasteiger partial charge on any atom is 0.306 e. The van der Waals surface area contributed by atoms with E-state index in [0.29, 0.717) is 19.3 Å². The van der Waals surface area contributed by atoms with E-state index < -0.39 is 6.10 Å². The van der Waals surface area contributed by atoms with Gasteiger partial charge in [-0.15, -0.1) is 0 Å². The fraction of sp³-hybridized carbons (Fsp3) is 0.797. The normalized spacial score (nSPS) is 12.5. The summed E-state index contributed by atoms with van der Waals surface area (Å²) in [7, 11) is 0. The Bertz CT molecular complexity index is 1470. The average Bonchev–Trinajstić information content (AvgIpc) is 3.46. The van der Waals surface area contributed by atoms with Crippen LogP contribution in [0.5, 0.6) is 0 Å². The highest BCUT2D eigenvalue weighted by Crippen LogP contribution is 2.18. The van der Waals surface area contributed by atoms with Crippen molar-refractivity contribution in [2.75, 3.05) is 13.2 Å². The Morgan fingerprint density at radius 1 is 0.263 bits per heavy atom. The lowest BCUT2D eigenvalue weighted by molar-refractivity contribution is -0.167. The smallest absolute Gasteiger partial charge is 0.306 e. The largest absolute Gasteiger partial charge is 0.462 e. The number of hydrogen-bond donors (Lipinski definition) is 0. The minimum Gasteiger partial charge on any atom is -0.462 e. The first kappa shape index (κ1) is 76.9. The van der Waals surface area contributed by atoms with Gasteiger partial charge < -0.3 is 14.2 Å². The molecule has 0 aliphatic carbocycles. The second-order valence-corrected chi connectivity index (χ2v) is 23.4. The highest BCUT2D eigenvalue weighted by molar-refractivity contribution is 5.71. The van der Waals surface area contributed by atoms with Gasteiger partial charge >= 0.3 is 17.9 Å². The molecule has 0 rings (SSSR count). The molecule has 464 valence electrons. The molecule has 0 amide bonds. The van der Waals surface area contributed by atoms with Crippen LogP contribution in [-0.4, -0.2) is 37.2 Å². The molecule has 0 aliphatic heterocycles. The molecule has 6 nitrogen and oxygen atoms in total. The molecule has 0 radical (unpaired) electrons. The van der Waals surface area contributed by atoms with E-state index in [9.17, 15) is 14.4 Å². The Hall–Kier alpha value is -3.15. The molecular weight excluding hydrogens is 985 g/mol. The van der Waals surface area contributed by atoms with E-state index >= 15 is 0 Å². The quantitative estimate of drug-likeness (QED) is 0.0261. The van der Waals surface area contributed by atoms with Gasteiger partial charge in [0.2, 0.25) is 0 Å². The zero-order valence-electron chi connectivity index (χ0n) is 53.3. The molecule has 0 aromatic carbocycles. The summed E-state index contributed by atoms with van der Waals surface area (Å²) in [6, 6.07) is 0. The summed E-state index contributed by atoms with van der Waals surface area (Å²) >= 11 is 0. The van der Waals surface area contributed by atoms with E-state index in [4.69, 9.17) is 14.2 Å². The molecule has 0 saturated heterocycles. The van der Waals surface area contributed by atoms with Gasteiger partial charge in [0.1, 0.15) is 13.2 Å². The van der Waals surface area contributed by atoms with Crippen LogP contribution < -0.4 is 0 Å². The third-order valence-electron chi connectivity index (χ3n) is 15.4. The van der Waals surface area contributed by atoms with Crippen LogP contribution in [-0.2, 0) is 28.6 Å². The van der Waals surface area contributed by atoms with Gasteiger partial charge in [0.15, 0.2) is 6.10 Å². The highest BCUT2D eigenvalue weighted by Gasteiger charge is 2.19.